The number of alkyl halides is 3. The van der Waals surface area contributed by atoms with Gasteiger partial charge in [0.05, 0.1) is 11.2 Å². The van der Waals surface area contributed by atoms with E-state index in [-0.39, 0.29) is 11.7 Å². The summed E-state index contributed by atoms with van der Waals surface area (Å²) in [6.07, 6.45) is -8.68. The van der Waals surface area contributed by atoms with Gasteiger partial charge in [0, 0.05) is 20.6 Å². The van der Waals surface area contributed by atoms with Crippen molar-refractivity contribution >= 4 is 5.91 Å². The quantitative estimate of drug-likeness (QED) is 0.543. The smallest absolute Gasteiger partial charge is 0.416 e. The third kappa shape index (κ3) is 6.32. The van der Waals surface area contributed by atoms with Crippen LogP contribution in [0.3, 0.4) is 0 Å². The summed E-state index contributed by atoms with van der Waals surface area (Å²) >= 11 is 0. The van der Waals surface area contributed by atoms with E-state index in [2.05, 4.69) is 5.32 Å². The SMILES string of the molecule is CO[C@@H]1[C@@H](O)[C@H](O)C(Oc2ccc(CCNC(C)=O)c(-c3ccc(C(F)(F)F)cc3)c2)OC1(C)C. The lowest BCUT2D eigenvalue weighted by atomic mass is 9.89. The van der Waals surface area contributed by atoms with Crippen LogP contribution in [0.1, 0.15) is 31.9 Å². The molecule has 1 unspecified atom stereocenters. The number of hydrogen-bond acceptors (Lipinski definition) is 6. The van der Waals surface area contributed by atoms with E-state index in [1.54, 1.807) is 32.0 Å². The van der Waals surface area contributed by atoms with Gasteiger partial charge in [-0.2, -0.15) is 13.2 Å². The average molecular weight is 498 g/mol. The van der Waals surface area contributed by atoms with Gasteiger partial charge in [0.25, 0.3) is 0 Å². The van der Waals surface area contributed by atoms with Crippen LogP contribution in [0.4, 0.5) is 13.2 Å². The molecular formula is C25H30F3NO6. The number of aliphatic hydroxyl groups excluding tert-OH is 2. The zero-order chi connectivity index (χ0) is 26.0. The lowest BCUT2D eigenvalue weighted by molar-refractivity contribution is -0.305. The molecule has 35 heavy (non-hydrogen) atoms. The maximum atomic E-state index is 13.0. The second-order valence-electron chi connectivity index (χ2n) is 8.97. The van der Waals surface area contributed by atoms with E-state index in [4.69, 9.17) is 14.2 Å². The Hall–Kier alpha value is -2.66. The first-order valence-electron chi connectivity index (χ1n) is 11.1. The van der Waals surface area contributed by atoms with Crippen LogP contribution in [0.5, 0.6) is 5.75 Å². The van der Waals surface area contributed by atoms with E-state index in [0.717, 1.165) is 17.7 Å². The minimum atomic E-state index is -4.46. The van der Waals surface area contributed by atoms with Crippen molar-refractivity contribution in [2.24, 2.45) is 0 Å². The van der Waals surface area contributed by atoms with Crippen LogP contribution in [0.2, 0.25) is 0 Å². The molecule has 1 heterocycles. The van der Waals surface area contributed by atoms with Crippen molar-refractivity contribution in [3.8, 4) is 16.9 Å². The lowest BCUT2D eigenvalue weighted by Crippen LogP contribution is -2.63. The van der Waals surface area contributed by atoms with Gasteiger partial charge in [0.2, 0.25) is 12.2 Å². The molecule has 4 atom stereocenters. The molecule has 2 aromatic rings. The highest BCUT2D eigenvalue weighted by Gasteiger charge is 2.50. The Kier molecular flexibility index (Phi) is 8.10. The zero-order valence-electron chi connectivity index (χ0n) is 19.9. The molecule has 192 valence electrons. The van der Waals surface area contributed by atoms with Crippen molar-refractivity contribution < 1.29 is 42.4 Å². The topological polar surface area (TPSA) is 97.3 Å². The summed E-state index contributed by atoms with van der Waals surface area (Å²) in [5.74, 6) is 0.0890. The molecular weight excluding hydrogens is 467 g/mol. The number of rotatable bonds is 7. The molecule has 0 spiro atoms. The number of aliphatic hydroxyl groups is 2. The monoisotopic (exact) mass is 497 g/mol. The van der Waals surface area contributed by atoms with Crippen molar-refractivity contribution in [1.29, 1.82) is 0 Å². The molecule has 3 N–H and O–H groups in total. The van der Waals surface area contributed by atoms with Gasteiger partial charge in [-0.15, -0.1) is 0 Å². The number of amides is 1. The Morgan fingerprint density at radius 2 is 1.77 bits per heavy atom. The first kappa shape index (κ1) is 26.9. The summed E-state index contributed by atoms with van der Waals surface area (Å²) in [6, 6.07) is 9.73. The molecule has 3 rings (SSSR count). The van der Waals surface area contributed by atoms with Gasteiger partial charge in [0.1, 0.15) is 24.1 Å². The number of halogens is 3. The van der Waals surface area contributed by atoms with Crippen molar-refractivity contribution in [1.82, 2.24) is 5.32 Å². The van der Waals surface area contributed by atoms with Gasteiger partial charge in [-0.25, -0.2) is 0 Å². The Bertz CT molecular complexity index is 1020. The minimum Gasteiger partial charge on any atom is -0.462 e. The zero-order valence-corrected chi connectivity index (χ0v) is 19.9. The van der Waals surface area contributed by atoms with Gasteiger partial charge in [-0.1, -0.05) is 18.2 Å². The van der Waals surface area contributed by atoms with Gasteiger partial charge in [-0.3, -0.25) is 4.79 Å². The fourth-order valence-electron chi connectivity index (χ4n) is 4.17. The predicted octanol–water partition coefficient (Wildman–Crippen LogP) is 3.30. The van der Waals surface area contributed by atoms with Crippen LogP contribution in [-0.4, -0.2) is 60.0 Å². The van der Waals surface area contributed by atoms with E-state index in [0.29, 0.717) is 24.1 Å². The van der Waals surface area contributed by atoms with Gasteiger partial charge < -0.3 is 29.7 Å². The number of methoxy groups -OCH3 is 1. The van der Waals surface area contributed by atoms with Crippen LogP contribution in [-0.2, 0) is 26.9 Å². The van der Waals surface area contributed by atoms with Gasteiger partial charge in [0.15, 0.2) is 0 Å². The van der Waals surface area contributed by atoms with E-state index in [9.17, 15) is 28.2 Å². The molecule has 2 aromatic carbocycles. The molecule has 0 bridgehead atoms. The lowest BCUT2D eigenvalue weighted by Gasteiger charge is -2.46. The highest BCUT2D eigenvalue weighted by molar-refractivity contribution is 5.73. The molecule has 0 saturated carbocycles. The molecule has 1 aliphatic rings. The third-order valence-electron chi connectivity index (χ3n) is 5.92. The van der Waals surface area contributed by atoms with Crippen molar-refractivity contribution in [2.45, 2.75) is 63.6 Å². The highest BCUT2D eigenvalue weighted by atomic mass is 19.4. The summed E-state index contributed by atoms with van der Waals surface area (Å²) in [5, 5.41) is 23.7. The summed E-state index contributed by atoms with van der Waals surface area (Å²) in [6.45, 7) is 5.14. The third-order valence-corrected chi connectivity index (χ3v) is 5.92. The maximum absolute atomic E-state index is 13.0. The van der Waals surface area contributed by atoms with Crippen LogP contribution in [0.25, 0.3) is 11.1 Å². The largest absolute Gasteiger partial charge is 0.462 e. The molecule has 0 aliphatic carbocycles. The van der Waals surface area contributed by atoms with Crippen LogP contribution in [0.15, 0.2) is 42.5 Å². The maximum Gasteiger partial charge on any atom is 0.416 e. The van der Waals surface area contributed by atoms with Gasteiger partial charge in [-0.05, 0) is 61.2 Å². The summed E-state index contributed by atoms with van der Waals surface area (Å²) in [7, 11) is 1.41. The van der Waals surface area contributed by atoms with Crippen molar-refractivity contribution in [2.75, 3.05) is 13.7 Å². The second-order valence-corrected chi connectivity index (χ2v) is 8.97. The molecule has 1 aliphatic heterocycles. The predicted molar refractivity (Wildman–Crippen MR) is 122 cm³/mol. The Balaban J connectivity index is 1.91. The Morgan fingerprint density at radius 3 is 2.34 bits per heavy atom. The number of carbonyl (C=O) groups is 1. The summed E-state index contributed by atoms with van der Waals surface area (Å²) in [4.78, 5) is 11.2. The van der Waals surface area contributed by atoms with E-state index >= 15 is 0 Å². The van der Waals surface area contributed by atoms with Gasteiger partial charge >= 0.3 is 6.18 Å². The van der Waals surface area contributed by atoms with E-state index in [1.807, 2.05) is 0 Å². The van der Waals surface area contributed by atoms with Crippen molar-refractivity contribution in [3.63, 3.8) is 0 Å². The molecule has 10 heteroatoms. The van der Waals surface area contributed by atoms with Crippen LogP contribution >= 0.6 is 0 Å². The molecule has 1 fully saturated rings. The van der Waals surface area contributed by atoms with E-state index < -0.39 is 41.9 Å². The minimum absolute atomic E-state index is 0.194. The number of carbonyl (C=O) groups excluding carboxylic acids is 1. The number of hydrogen-bond donors (Lipinski definition) is 3. The first-order chi connectivity index (χ1) is 16.3. The summed E-state index contributed by atoms with van der Waals surface area (Å²) < 4.78 is 56.1. The number of benzene rings is 2. The van der Waals surface area contributed by atoms with Crippen LogP contribution < -0.4 is 10.1 Å². The van der Waals surface area contributed by atoms with Crippen molar-refractivity contribution in [3.05, 3.63) is 53.6 Å². The highest BCUT2D eigenvalue weighted by Crippen LogP contribution is 2.36. The fraction of sp³-hybridized carbons (Fsp3) is 0.480. The summed E-state index contributed by atoms with van der Waals surface area (Å²) in [5.41, 5.74) is 0.159. The van der Waals surface area contributed by atoms with Crippen LogP contribution in [0, 0.1) is 0 Å². The average Bonchev–Trinajstić information content (AvgIpc) is 2.77. The fourth-order valence-corrected chi connectivity index (χ4v) is 4.17. The molecule has 7 nitrogen and oxygen atoms in total. The first-order valence-corrected chi connectivity index (χ1v) is 11.1. The standard InChI is InChI=1S/C25H30F3NO6/c1-14(30)29-12-11-16-7-10-18(13-19(16)15-5-8-17(9-6-15)25(26,27)28)34-23-21(32)20(31)22(33-4)24(2,3)35-23/h5-10,13,20-23,31-32H,11-12H2,1-4H3,(H,29,30)/t20-,21-,22+,23?/m0/s1. The van der Waals surface area contributed by atoms with E-state index in [1.165, 1.54) is 26.2 Å². The normalized spacial score (nSPS) is 24.1. The molecule has 0 radical (unpaired) electrons. The Morgan fingerprint density at radius 1 is 1.11 bits per heavy atom. The Labute approximate surface area is 201 Å². The molecule has 0 aromatic heterocycles. The molecule has 1 saturated heterocycles. The molecule has 1 amide bonds. The number of nitrogens with one attached hydrogen (secondary N) is 1. The number of ether oxygens (including phenoxy) is 3. The second kappa shape index (κ2) is 10.5.